The minimum absolute atomic E-state index is 0.265. The molecule has 0 aliphatic rings. The quantitative estimate of drug-likeness (QED) is 0.212. The Morgan fingerprint density at radius 1 is 1.08 bits per heavy atom. The van der Waals surface area contributed by atoms with Crippen molar-refractivity contribution in [3.05, 3.63) is 73.4 Å². The molecule has 0 saturated carbocycles. The lowest BCUT2D eigenvalue weighted by Crippen LogP contribution is -2.27. The van der Waals surface area contributed by atoms with E-state index in [4.69, 9.17) is 21.4 Å². The number of anilines is 1. The van der Waals surface area contributed by atoms with E-state index >= 15 is 0 Å². The minimum atomic E-state index is -4.91. The second kappa shape index (κ2) is 13.6. The van der Waals surface area contributed by atoms with Gasteiger partial charge in [0.05, 0.1) is 20.4 Å². The van der Waals surface area contributed by atoms with Gasteiger partial charge in [-0.15, -0.1) is 0 Å². The summed E-state index contributed by atoms with van der Waals surface area (Å²) in [5.74, 6) is -0.610. The predicted molar refractivity (Wildman–Crippen MR) is 137 cm³/mol. The van der Waals surface area contributed by atoms with Gasteiger partial charge in [-0.1, -0.05) is 25.4 Å². The average Bonchev–Trinajstić information content (AvgIpc) is 2.87. The fraction of sp³-hybridized carbons (Fsp3) is 0.333. The molecule has 0 aliphatic heterocycles. The topological polar surface area (TPSA) is 149 Å². The van der Waals surface area contributed by atoms with Crippen molar-refractivity contribution in [3.8, 4) is 5.75 Å². The predicted octanol–water partition coefficient (Wildman–Crippen LogP) is 6.50. The van der Waals surface area contributed by atoms with E-state index < -0.39 is 45.5 Å². The molecule has 3 rings (SSSR count). The van der Waals surface area contributed by atoms with Crippen LogP contribution in [-0.4, -0.2) is 45.6 Å². The number of nitrogens with zero attached hydrogens (tertiary/aromatic N) is 4. The van der Waals surface area contributed by atoms with Crippen molar-refractivity contribution in [3.63, 3.8) is 0 Å². The van der Waals surface area contributed by atoms with Crippen LogP contribution in [0.25, 0.3) is 10.9 Å². The summed E-state index contributed by atoms with van der Waals surface area (Å²) in [4.78, 5) is 36.2. The van der Waals surface area contributed by atoms with Gasteiger partial charge in [-0.3, -0.25) is 25.2 Å². The third-order valence-electron chi connectivity index (χ3n) is 5.12. The van der Waals surface area contributed by atoms with Gasteiger partial charge in [0.25, 0.3) is 11.4 Å². The minimum Gasteiger partial charge on any atom is -0.480 e. The maximum atomic E-state index is 12.8. The van der Waals surface area contributed by atoms with Gasteiger partial charge in [0.1, 0.15) is 11.3 Å². The average molecular weight is 573 g/mol. The number of nitro groups is 2. The second-order valence-electron chi connectivity index (χ2n) is 7.99. The molecule has 1 aromatic heterocycles. The maximum Gasteiger partial charge on any atom is 0.416 e. The molecule has 1 N–H and O–H groups in total. The second-order valence-corrected chi connectivity index (χ2v) is 8.40. The van der Waals surface area contributed by atoms with Gasteiger partial charge in [-0.05, 0) is 37.1 Å². The van der Waals surface area contributed by atoms with E-state index in [1.165, 1.54) is 4.90 Å². The van der Waals surface area contributed by atoms with Crippen LogP contribution in [-0.2, 0) is 11.0 Å². The van der Waals surface area contributed by atoms with Crippen LogP contribution in [0.4, 0.5) is 30.2 Å². The Balaban J connectivity index is 0.000000290. The van der Waals surface area contributed by atoms with Crippen molar-refractivity contribution in [2.75, 3.05) is 24.6 Å². The number of carboxylic acid groups (broad SMARTS) is 1. The highest BCUT2D eigenvalue weighted by Crippen LogP contribution is 2.43. The number of halogens is 4. The fourth-order valence-corrected chi connectivity index (χ4v) is 3.83. The van der Waals surface area contributed by atoms with E-state index in [0.29, 0.717) is 41.3 Å². The van der Waals surface area contributed by atoms with Crippen molar-refractivity contribution in [2.45, 2.75) is 32.9 Å². The standard InChI is InChI=1S/C13H16F3N3O4.C11H8ClNO3/c1-3-5-17(6-4-2)12-10(18(20)21)7-9(13(14,15)16)8-11(12)19(22)23;12-8-3-4-9(16-6-10(14)15)11-7(8)2-1-5-13-11/h7-8H,3-6H2,1-2H3;1-5H,6H2,(H,14,15). The maximum absolute atomic E-state index is 12.8. The lowest BCUT2D eigenvalue weighted by Gasteiger charge is -2.23. The molecule has 0 radical (unpaired) electrons. The van der Waals surface area contributed by atoms with Gasteiger partial charge in [-0.25, -0.2) is 4.79 Å². The summed E-state index contributed by atoms with van der Waals surface area (Å²) in [6.07, 6.45) is -2.23. The highest BCUT2D eigenvalue weighted by molar-refractivity contribution is 6.35. The number of hydrogen-bond donors (Lipinski definition) is 1. The van der Waals surface area contributed by atoms with E-state index in [0.717, 1.165) is 5.39 Å². The number of rotatable bonds is 10. The zero-order valence-corrected chi connectivity index (χ0v) is 21.5. The molecule has 0 amide bonds. The van der Waals surface area contributed by atoms with Gasteiger partial charge in [0, 0.05) is 36.8 Å². The number of pyridine rings is 1. The van der Waals surface area contributed by atoms with E-state index in [1.54, 1.807) is 44.3 Å². The Kier molecular flexibility index (Phi) is 10.8. The molecule has 0 saturated heterocycles. The molecule has 11 nitrogen and oxygen atoms in total. The van der Waals surface area contributed by atoms with Crippen LogP contribution >= 0.6 is 11.6 Å². The van der Waals surface area contributed by atoms with E-state index in [-0.39, 0.29) is 18.8 Å². The van der Waals surface area contributed by atoms with Crippen LogP contribution < -0.4 is 9.64 Å². The van der Waals surface area contributed by atoms with E-state index in [9.17, 15) is 38.2 Å². The van der Waals surface area contributed by atoms with Crippen LogP contribution in [0.1, 0.15) is 32.3 Å². The molecular weight excluding hydrogens is 549 g/mol. The molecule has 3 aromatic rings. The molecule has 0 bridgehead atoms. The Morgan fingerprint density at radius 2 is 1.64 bits per heavy atom. The van der Waals surface area contributed by atoms with Crippen LogP contribution in [0.15, 0.2) is 42.6 Å². The molecule has 0 fully saturated rings. The first-order chi connectivity index (χ1) is 18.3. The number of alkyl halides is 3. The number of nitro benzene ring substituents is 2. The third kappa shape index (κ3) is 8.14. The summed E-state index contributed by atoms with van der Waals surface area (Å²) in [6, 6.07) is 7.53. The van der Waals surface area contributed by atoms with Gasteiger partial charge >= 0.3 is 12.1 Å². The smallest absolute Gasteiger partial charge is 0.416 e. The van der Waals surface area contributed by atoms with Gasteiger partial charge in [0.15, 0.2) is 12.3 Å². The number of carbonyl (C=O) groups is 1. The summed E-state index contributed by atoms with van der Waals surface area (Å²) in [5.41, 5.74) is -3.04. The van der Waals surface area contributed by atoms with E-state index in [1.807, 2.05) is 0 Å². The summed E-state index contributed by atoms with van der Waals surface area (Å²) in [6.45, 7) is 3.67. The molecule has 0 spiro atoms. The Hall–Kier alpha value is -4.20. The fourth-order valence-electron chi connectivity index (χ4n) is 3.61. The summed E-state index contributed by atoms with van der Waals surface area (Å²) in [5, 5.41) is 32.2. The summed E-state index contributed by atoms with van der Waals surface area (Å²) >= 11 is 5.98. The van der Waals surface area contributed by atoms with Crippen molar-refractivity contribution in [2.24, 2.45) is 0 Å². The molecule has 210 valence electrons. The molecule has 2 aromatic carbocycles. The Bertz CT molecular complexity index is 1310. The van der Waals surface area contributed by atoms with E-state index in [2.05, 4.69) is 4.98 Å². The summed E-state index contributed by atoms with van der Waals surface area (Å²) < 4.78 is 43.6. The van der Waals surface area contributed by atoms with Crippen LogP contribution in [0.5, 0.6) is 5.75 Å². The van der Waals surface area contributed by atoms with Gasteiger partial charge < -0.3 is 14.7 Å². The zero-order valence-electron chi connectivity index (χ0n) is 20.8. The number of aliphatic carboxylic acids is 1. The number of hydrogen-bond acceptors (Lipinski definition) is 8. The molecule has 0 aliphatic carbocycles. The number of aromatic nitrogens is 1. The normalized spacial score (nSPS) is 10.9. The monoisotopic (exact) mass is 572 g/mol. The van der Waals surface area contributed by atoms with Crippen molar-refractivity contribution in [1.29, 1.82) is 0 Å². The van der Waals surface area contributed by atoms with Gasteiger partial charge in [0.2, 0.25) is 0 Å². The zero-order chi connectivity index (χ0) is 29.3. The first-order valence-electron chi connectivity index (χ1n) is 11.5. The van der Waals surface area contributed by atoms with Crippen LogP contribution in [0.2, 0.25) is 5.02 Å². The van der Waals surface area contributed by atoms with Crippen LogP contribution in [0, 0.1) is 20.2 Å². The van der Waals surface area contributed by atoms with Crippen molar-refractivity contribution >= 4 is 45.5 Å². The Labute approximate surface area is 225 Å². The SMILES string of the molecule is CCCN(CCC)c1c([N+](=O)[O-])cc(C(F)(F)F)cc1[N+](=O)[O-].O=C(O)COc1ccc(Cl)c2cccnc12. The lowest BCUT2D eigenvalue weighted by molar-refractivity contribution is -0.393. The molecule has 39 heavy (non-hydrogen) atoms. The third-order valence-corrected chi connectivity index (χ3v) is 5.45. The molecule has 15 heteroatoms. The highest BCUT2D eigenvalue weighted by atomic mass is 35.5. The van der Waals surface area contributed by atoms with Gasteiger partial charge in [-0.2, -0.15) is 13.2 Å². The number of benzene rings is 2. The molecule has 0 unspecified atom stereocenters. The first kappa shape index (κ1) is 31.0. The lowest BCUT2D eigenvalue weighted by atomic mass is 10.1. The number of carboxylic acids is 1. The largest absolute Gasteiger partial charge is 0.480 e. The molecule has 1 heterocycles. The highest BCUT2D eigenvalue weighted by Gasteiger charge is 2.39. The van der Waals surface area contributed by atoms with Crippen LogP contribution in [0.3, 0.4) is 0 Å². The number of ether oxygens (including phenoxy) is 1. The van der Waals surface area contributed by atoms with Crippen molar-refractivity contribution < 1.29 is 37.7 Å². The molecular formula is C24H24ClF3N4O7. The van der Waals surface area contributed by atoms with Crippen molar-refractivity contribution in [1.82, 2.24) is 4.98 Å². The molecule has 0 atom stereocenters. The summed E-state index contributed by atoms with van der Waals surface area (Å²) in [7, 11) is 0. The first-order valence-corrected chi connectivity index (χ1v) is 11.9. The Morgan fingerprint density at radius 3 is 2.10 bits per heavy atom. The number of fused-ring (bicyclic) bond motifs is 1.